The van der Waals surface area contributed by atoms with Gasteiger partial charge in [0.05, 0.1) is 19.5 Å². The number of aromatic amines is 1. The SMILES string of the molecule is COc1ccccc1CN(CC(Cc1c[nH]c2ccccc12)NC(=O)COc1ccc(-n2ccnc2)cc1)C(C)=O.[HH]. The van der Waals surface area contributed by atoms with Crippen molar-refractivity contribution in [2.75, 3.05) is 20.3 Å². The molecule has 0 radical (unpaired) electrons. The minimum absolute atomic E-state index is 0. The zero-order chi connectivity index (χ0) is 28.6. The summed E-state index contributed by atoms with van der Waals surface area (Å²) < 4.78 is 13.2. The summed E-state index contributed by atoms with van der Waals surface area (Å²) in [7, 11) is 1.61. The van der Waals surface area contributed by atoms with E-state index in [-0.39, 0.29) is 25.9 Å². The van der Waals surface area contributed by atoms with Crippen LogP contribution in [0.15, 0.2) is 97.7 Å². The second-order valence-electron chi connectivity index (χ2n) is 9.79. The molecule has 5 rings (SSSR count). The lowest BCUT2D eigenvalue weighted by Gasteiger charge is -2.28. The van der Waals surface area contributed by atoms with Crippen LogP contribution in [-0.4, -0.2) is 57.6 Å². The molecule has 0 saturated carbocycles. The highest BCUT2D eigenvalue weighted by molar-refractivity contribution is 5.83. The van der Waals surface area contributed by atoms with Crippen LogP contribution in [-0.2, 0) is 22.6 Å². The lowest BCUT2D eigenvalue weighted by molar-refractivity contribution is -0.131. The van der Waals surface area contributed by atoms with E-state index in [2.05, 4.69) is 15.3 Å². The van der Waals surface area contributed by atoms with E-state index in [1.807, 2.05) is 89.8 Å². The van der Waals surface area contributed by atoms with E-state index < -0.39 is 0 Å². The summed E-state index contributed by atoms with van der Waals surface area (Å²) in [5.74, 6) is 0.930. The quantitative estimate of drug-likeness (QED) is 0.232. The van der Waals surface area contributed by atoms with Crippen LogP contribution in [0.4, 0.5) is 0 Å². The highest BCUT2D eigenvalue weighted by Crippen LogP contribution is 2.22. The van der Waals surface area contributed by atoms with E-state index in [1.165, 1.54) is 6.92 Å². The maximum Gasteiger partial charge on any atom is 0.258 e. The van der Waals surface area contributed by atoms with Gasteiger partial charge in [-0.1, -0.05) is 36.4 Å². The van der Waals surface area contributed by atoms with Crippen LogP contribution in [0.25, 0.3) is 16.6 Å². The Labute approximate surface area is 240 Å². The number of benzene rings is 3. The first kappa shape index (κ1) is 27.5. The van der Waals surface area contributed by atoms with Crippen molar-refractivity contribution in [1.29, 1.82) is 0 Å². The standard InChI is InChI=1S/C32H33N5O4.H2/c1-23(38)37(19-24-7-3-6-10-31(24)40-2)20-26(17-25-18-34-30-9-5-4-8-29(25)30)35-32(39)21-41-28-13-11-27(12-14-28)36-16-15-33-22-36;/h3-16,18,22,26,34H,17,19-21H2,1-2H3,(H,35,39);1H. The lowest BCUT2D eigenvalue weighted by atomic mass is 10.0. The number of carbonyl (C=O) groups excluding carboxylic acids is 2. The van der Waals surface area contributed by atoms with Gasteiger partial charge in [-0.2, -0.15) is 0 Å². The number of fused-ring (bicyclic) bond motifs is 1. The number of imidazole rings is 1. The number of hydrogen-bond donors (Lipinski definition) is 2. The second-order valence-corrected chi connectivity index (χ2v) is 9.79. The van der Waals surface area contributed by atoms with Gasteiger partial charge in [0.2, 0.25) is 5.91 Å². The van der Waals surface area contributed by atoms with E-state index in [4.69, 9.17) is 9.47 Å². The number of carbonyl (C=O) groups is 2. The minimum Gasteiger partial charge on any atom is -0.496 e. The fraction of sp³-hybridized carbons (Fsp3) is 0.219. The molecule has 0 saturated heterocycles. The lowest BCUT2D eigenvalue weighted by Crippen LogP contribution is -2.47. The smallest absolute Gasteiger partial charge is 0.258 e. The highest BCUT2D eigenvalue weighted by atomic mass is 16.5. The molecular weight excluding hydrogens is 518 g/mol. The van der Waals surface area contributed by atoms with Crippen LogP contribution in [0.3, 0.4) is 0 Å². The summed E-state index contributed by atoms with van der Waals surface area (Å²) in [6.07, 6.45) is 7.78. The molecule has 0 aliphatic rings. The third kappa shape index (κ3) is 6.94. The van der Waals surface area contributed by atoms with Crippen molar-refractivity contribution >= 4 is 22.7 Å². The molecule has 0 fully saturated rings. The van der Waals surface area contributed by atoms with Gasteiger partial charge in [0.15, 0.2) is 6.61 Å². The van der Waals surface area contributed by atoms with Crippen LogP contribution in [0.5, 0.6) is 11.5 Å². The van der Waals surface area contributed by atoms with Crippen molar-refractivity contribution in [3.05, 3.63) is 109 Å². The van der Waals surface area contributed by atoms with Crippen molar-refractivity contribution in [1.82, 2.24) is 24.8 Å². The molecule has 0 spiro atoms. The number of methoxy groups -OCH3 is 1. The second kappa shape index (κ2) is 12.9. The molecule has 9 nitrogen and oxygen atoms in total. The highest BCUT2D eigenvalue weighted by Gasteiger charge is 2.22. The number of rotatable bonds is 12. The Morgan fingerprint density at radius 1 is 1.05 bits per heavy atom. The van der Waals surface area contributed by atoms with Gasteiger partial charge in [0.1, 0.15) is 11.5 Å². The Bertz CT molecular complexity index is 1600. The van der Waals surface area contributed by atoms with Crippen LogP contribution >= 0.6 is 0 Å². The molecule has 5 aromatic rings. The van der Waals surface area contributed by atoms with Crippen molar-refractivity contribution in [2.24, 2.45) is 0 Å². The zero-order valence-electron chi connectivity index (χ0n) is 23.1. The number of ether oxygens (including phenoxy) is 2. The van der Waals surface area contributed by atoms with Gasteiger partial charge in [-0.05, 0) is 48.4 Å². The van der Waals surface area contributed by atoms with E-state index in [1.54, 1.807) is 24.5 Å². The van der Waals surface area contributed by atoms with Crippen molar-refractivity contribution in [2.45, 2.75) is 25.9 Å². The van der Waals surface area contributed by atoms with Gasteiger partial charge in [-0.3, -0.25) is 9.59 Å². The predicted molar refractivity (Wildman–Crippen MR) is 159 cm³/mol. The molecule has 0 bridgehead atoms. The van der Waals surface area contributed by atoms with Crippen molar-refractivity contribution < 1.29 is 20.5 Å². The largest absolute Gasteiger partial charge is 0.496 e. The molecule has 212 valence electrons. The van der Waals surface area contributed by atoms with E-state index in [9.17, 15) is 9.59 Å². The number of nitrogens with one attached hydrogen (secondary N) is 2. The molecule has 0 aliphatic carbocycles. The average molecular weight is 554 g/mol. The molecule has 2 aromatic heterocycles. The van der Waals surface area contributed by atoms with Gasteiger partial charge in [0, 0.05) is 62.2 Å². The molecular formula is C32H35N5O4. The summed E-state index contributed by atoms with van der Waals surface area (Å²) >= 11 is 0. The molecule has 1 atom stereocenters. The maximum absolute atomic E-state index is 13.1. The monoisotopic (exact) mass is 553 g/mol. The normalized spacial score (nSPS) is 11.7. The van der Waals surface area contributed by atoms with Gasteiger partial charge >= 0.3 is 0 Å². The Kier molecular flexibility index (Phi) is 8.64. The first-order valence-electron chi connectivity index (χ1n) is 13.4. The van der Waals surface area contributed by atoms with Gasteiger partial charge in [0.25, 0.3) is 5.91 Å². The summed E-state index contributed by atoms with van der Waals surface area (Å²) in [5, 5.41) is 4.19. The molecule has 0 aliphatic heterocycles. The van der Waals surface area contributed by atoms with Crippen molar-refractivity contribution in [3.63, 3.8) is 0 Å². The van der Waals surface area contributed by atoms with E-state index in [0.717, 1.165) is 27.7 Å². The molecule has 9 heteroatoms. The Morgan fingerprint density at radius 2 is 1.83 bits per heavy atom. The third-order valence-corrected chi connectivity index (χ3v) is 6.96. The van der Waals surface area contributed by atoms with Gasteiger partial charge in [-0.25, -0.2) is 4.98 Å². The summed E-state index contributed by atoms with van der Waals surface area (Å²) in [4.78, 5) is 34.9. The minimum atomic E-state index is -0.354. The molecule has 2 N–H and O–H groups in total. The predicted octanol–water partition coefficient (Wildman–Crippen LogP) is 4.76. The Balaban J connectivity index is 0.00000405. The van der Waals surface area contributed by atoms with Crippen LogP contribution < -0.4 is 14.8 Å². The van der Waals surface area contributed by atoms with Gasteiger partial charge in [-0.15, -0.1) is 0 Å². The number of H-pyrrole nitrogens is 1. The summed E-state index contributed by atoms with van der Waals surface area (Å²) in [5.41, 5.74) is 3.91. The van der Waals surface area contributed by atoms with E-state index >= 15 is 0 Å². The summed E-state index contributed by atoms with van der Waals surface area (Å²) in [6.45, 7) is 2.07. The molecule has 2 heterocycles. The van der Waals surface area contributed by atoms with Crippen LogP contribution in [0.2, 0.25) is 0 Å². The average Bonchev–Trinajstić information content (AvgIpc) is 3.67. The Morgan fingerprint density at radius 3 is 2.59 bits per heavy atom. The van der Waals surface area contributed by atoms with Crippen LogP contribution in [0.1, 0.15) is 19.5 Å². The Hall–Kier alpha value is -5.05. The number of nitrogens with zero attached hydrogens (tertiary/aromatic N) is 3. The first-order valence-corrected chi connectivity index (χ1v) is 13.4. The number of para-hydroxylation sites is 2. The number of hydrogen-bond acceptors (Lipinski definition) is 5. The topological polar surface area (TPSA) is 101 Å². The first-order chi connectivity index (χ1) is 20.0. The number of amides is 2. The molecule has 1 unspecified atom stereocenters. The third-order valence-electron chi connectivity index (χ3n) is 6.96. The van der Waals surface area contributed by atoms with Gasteiger partial charge < -0.3 is 29.2 Å². The fourth-order valence-corrected chi connectivity index (χ4v) is 4.88. The molecule has 41 heavy (non-hydrogen) atoms. The van der Waals surface area contributed by atoms with Crippen molar-refractivity contribution in [3.8, 4) is 17.2 Å². The number of aromatic nitrogens is 3. The fourth-order valence-electron chi connectivity index (χ4n) is 4.88. The van der Waals surface area contributed by atoms with Crippen LogP contribution in [0, 0.1) is 0 Å². The zero-order valence-corrected chi connectivity index (χ0v) is 23.1. The molecule has 2 amide bonds. The summed E-state index contributed by atoms with van der Waals surface area (Å²) in [6, 6.07) is 22.7. The molecule has 3 aromatic carbocycles. The maximum atomic E-state index is 13.1. The van der Waals surface area contributed by atoms with E-state index in [0.29, 0.717) is 31.0 Å².